The van der Waals surface area contributed by atoms with Crippen molar-refractivity contribution in [3.8, 4) is 0 Å². The Bertz CT molecular complexity index is 779. The monoisotopic (exact) mass is 396 g/mol. The van der Waals surface area contributed by atoms with Crippen molar-refractivity contribution < 1.29 is 14.3 Å². The van der Waals surface area contributed by atoms with E-state index in [-0.39, 0.29) is 29.4 Å². The van der Waals surface area contributed by atoms with E-state index in [9.17, 15) is 9.59 Å². The number of hydrogen-bond acceptors (Lipinski definition) is 3. The Morgan fingerprint density at radius 2 is 1.83 bits per heavy atom. The lowest BCUT2D eigenvalue weighted by Gasteiger charge is -2.63. The van der Waals surface area contributed by atoms with Crippen molar-refractivity contribution in [2.45, 2.75) is 56.1 Å². The first kappa shape index (κ1) is 20.1. The molecule has 1 aliphatic heterocycles. The molecule has 1 aromatic rings. The minimum absolute atomic E-state index is 0.0529. The smallest absolute Gasteiger partial charge is 0.245 e. The Morgan fingerprint density at radius 3 is 2.34 bits per heavy atom. The molecule has 29 heavy (non-hydrogen) atoms. The molecule has 0 bridgehead atoms. The van der Waals surface area contributed by atoms with E-state index in [4.69, 9.17) is 4.74 Å². The zero-order valence-corrected chi connectivity index (χ0v) is 17.6. The van der Waals surface area contributed by atoms with Crippen LogP contribution in [-0.2, 0) is 19.7 Å². The van der Waals surface area contributed by atoms with Gasteiger partial charge in [-0.2, -0.15) is 0 Å². The van der Waals surface area contributed by atoms with Crippen molar-refractivity contribution in [3.05, 3.63) is 48.6 Å². The minimum Gasteiger partial charge on any atom is -0.381 e. The van der Waals surface area contributed by atoms with Crippen LogP contribution >= 0.6 is 0 Å². The van der Waals surface area contributed by atoms with Crippen LogP contribution in [0.5, 0.6) is 0 Å². The van der Waals surface area contributed by atoms with E-state index in [0.717, 1.165) is 24.8 Å². The molecular formula is C24H32N2O3. The number of likely N-dealkylation sites (N-methyl/N-ethyl adjacent to an activating group) is 1. The third kappa shape index (κ3) is 3.02. The highest BCUT2D eigenvalue weighted by molar-refractivity contribution is 5.90. The van der Waals surface area contributed by atoms with Crippen LogP contribution < -0.4 is 0 Å². The zero-order valence-electron chi connectivity index (χ0n) is 17.6. The largest absolute Gasteiger partial charge is 0.381 e. The maximum absolute atomic E-state index is 14.0. The average molecular weight is 397 g/mol. The van der Waals surface area contributed by atoms with Crippen LogP contribution in [0.1, 0.15) is 44.1 Å². The molecule has 2 aliphatic carbocycles. The highest BCUT2D eigenvalue weighted by Crippen LogP contribution is 2.59. The van der Waals surface area contributed by atoms with Gasteiger partial charge in [0.1, 0.15) is 0 Å². The van der Waals surface area contributed by atoms with Crippen LogP contribution in [0.3, 0.4) is 0 Å². The molecule has 2 unspecified atom stereocenters. The number of hydrogen-bond donors (Lipinski definition) is 0. The zero-order chi connectivity index (χ0) is 20.6. The molecule has 0 N–H and O–H groups in total. The molecule has 3 fully saturated rings. The molecular weight excluding hydrogens is 364 g/mol. The van der Waals surface area contributed by atoms with Crippen molar-refractivity contribution in [1.29, 1.82) is 0 Å². The summed E-state index contributed by atoms with van der Waals surface area (Å²) in [6.45, 7) is 4.76. The second-order valence-corrected chi connectivity index (χ2v) is 8.96. The first-order valence-electron chi connectivity index (χ1n) is 10.8. The quantitative estimate of drug-likeness (QED) is 0.719. The fourth-order valence-corrected chi connectivity index (χ4v) is 5.94. The van der Waals surface area contributed by atoms with Gasteiger partial charge in [0, 0.05) is 38.7 Å². The van der Waals surface area contributed by atoms with E-state index in [0.29, 0.717) is 25.9 Å². The second-order valence-electron chi connectivity index (χ2n) is 8.96. The Balaban J connectivity index is 1.60. The standard InChI is InChI=1S/C24H32N2O3/c1-4-21(27)26-15-13-23(14-16-26,18-9-6-5-7-10-18)22(28)25(2)19-17-20(29-3)24(19)11-8-12-24/h4-7,9-10,19-20H,1,8,11-17H2,2-3H3. The molecule has 1 heterocycles. The van der Waals surface area contributed by atoms with E-state index in [1.54, 1.807) is 12.0 Å². The number of likely N-dealkylation sites (tertiary alicyclic amines) is 1. The van der Waals surface area contributed by atoms with Crippen molar-refractivity contribution >= 4 is 11.8 Å². The van der Waals surface area contributed by atoms with E-state index >= 15 is 0 Å². The maximum atomic E-state index is 14.0. The lowest BCUT2D eigenvalue weighted by molar-refractivity contribution is -0.198. The molecule has 2 saturated carbocycles. The number of ether oxygens (including phenoxy) is 1. The van der Waals surface area contributed by atoms with Gasteiger partial charge in [0.2, 0.25) is 11.8 Å². The third-order valence-corrected chi connectivity index (χ3v) is 7.94. The van der Waals surface area contributed by atoms with Gasteiger partial charge in [-0.15, -0.1) is 0 Å². The SMILES string of the molecule is C=CC(=O)N1CCC(C(=O)N(C)C2CC(OC)C23CCC3)(c2ccccc2)CC1. The number of amides is 2. The summed E-state index contributed by atoms with van der Waals surface area (Å²) in [5.41, 5.74) is 0.640. The number of carbonyl (C=O) groups excluding carboxylic acids is 2. The van der Waals surface area contributed by atoms with Gasteiger partial charge in [-0.05, 0) is 43.7 Å². The molecule has 0 radical (unpaired) electrons. The summed E-state index contributed by atoms with van der Waals surface area (Å²) in [6.07, 6.45) is 7.37. The molecule has 5 nitrogen and oxygen atoms in total. The van der Waals surface area contributed by atoms with Crippen LogP contribution in [0.25, 0.3) is 0 Å². The van der Waals surface area contributed by atoms with Crippen LogP contribution in [0, 0.1) is 5.41 Å². The molecule has 4 rings (SSSR count). The molecule has 5 heteroatoms. The fraction of sp³-hybridized carbons (Fsp3) is 0.583. The van der Waals surface area contributed by atoms with E-state index in [2.05, 4.69) is 18.7 Å². The van der Waals surface area contributed by atoms with Crippen LogP contribution in [-0.4, -0.2) is 61.0 Å². The molecule has 2 amide bonds. The lowest BCUT2D eigenvalue weighted by Crippen LogP contribution is -2.69. The van der Waals surface area contributed by atoms with E-state index in [1.165, 1.54) is 12.5 Å². The van der Waals surface area contributed by atoms with Gasteiger partial charge in [0.25, 0.3) is 0 Å². The molecule has 1 aromatic carbocycles. The Kier molecular flexibility index (Phi) is 5.28. The minimum atomic E-state index is -0.572. The van der Waals surface area contributed by atoms with Crippen LogP contribution in [0.4, 0.5) is 0 Å². The van der Waals surface area contributed by atoms with Crippen molar-refractivity contribution in [2.24, 2.45) is 5.41 Å². The summed E-state index contributed by atoms with van der Waals surface area (Å²) in [4.78, 5) is 29.9. The van der Waals surface area contributed by atoms with Crippen molar-refractivity contribution in [1.82, 2.24) is 9.80 Å². The van der Waals surface area contributed by atoms with Gasteiger partial charge in [0.15, 0.2) is 0 Å². The van der Waals surface area contributed by atoms with Crippen LogP contribution in [0.15, 0.2) is 43.0 Å². The number of carbonyl (C=O) groups is 2. The Morgan fingerprint density at radius 1 is 1.17 bits per heavy atom. The predicted octanol–water partition coefficient (Wildman–Crippen LogP) is 3.15. The predicted molar refractivity (Wildman–Crippen MR) is 112 cm³/mol. The molecule has 1 spiro atoms. The van der Waals surface area contributed by atoms with Gasteiger partial charge >= 0.3 is 0 Å². The average Bonchev–Trinajstić information content (AvgIpc) is 2.71. The van der Waals surface area contributed by atoms with Gasteiger partial charge < -0.3 is 14.5 Å². The van der Waals surface area contributed by atoms with Gasteiger partial charge in [0.05, 0.1) is 11.5 Å². The number of methoxy groups -OCH3 is 1. The number of piperidine rings is 1. The Labute approximate surface area is 173 Å². The molecule has 3 aliphatic rings. The van der Waals surface area contributed by atoms with Crippen molar-refractivity contribution in [3.63, 3.8) is 0 Å². The van der Waals surface area contributed by atoms with Crippen molar-refractivity contribution in [2.75, 3.05) is 27.2 Å². The molecule has 1 saturated heterocycles. The number of nitrogens with zero attached hydrogens (tertiary/aromatic N) is 2. The summed E-state index contributed by atoms with van der Waals surface area (Å²) in [7, 11) is 3.77. The summed E-state index contributed by atoms with van der Waals surface area (Å²) in [5, 5.41) is 0. The first-order valence-corrected chi connectivity index (χ1v) is 10.8. The summed E-state index contributed by atoms with van der Waals surface area (Å²) >= 11 is 0. The third-order valence-electron chi connectivity index (χ3n) is 7.94. The number of benzene rings is 1. The second kappa shape index (κ2) is 7.60. The summed E-state index contributed by atoms with van der Waals surface area (Å²) < 4.78 is 5.72. The van der Waals surface area contributed by atoms with E-state index in [1.807, 2.05) is 30.1 Å². The normalized spacial score (nSPS) is 26.9. The lowest BCUT2D eigenvalue weighted by atomic mass is 9.50. The summed E-state index contributed by atoms with van der Waals surface area (Å²) in [5.74, 6) is 0.142. The molecule has 156 valence electrons. The maximum Gasteiger partial charge on any atom is 0.245 e. The Hall–Kier alpha value is -2.14. The van der Waals surface area contributed by atoms with E-state index < -0.39 is 5.41 Å². The van der Waals surface area contributed by atoms with Gasteiger partial charge in [-0.25, -0.2) is 0 Å². The highest BCUT2D eigenvalue weighted by Gasteiger charge is 2.62. The fourth-order valence-electron chi connectivity index (χ4n) is 5.94. The highest BCUT2D eigenvalue weighted by atomic mass is 16.5. The molecule has 0 aromatic heterocycles. The topological polar surface area (TPSA) is 49.9 Å². The molecule has 2 atom stereocenters. The summed E-state index contributed by atoms with van der Waals surface area (Å²) in [6, 6.07) is 10.4. The van der Waals surface area contributed by atoms with Crippen LogP contribution in [0.2, 0.25) is 0 Å². The van der Waals surface area contributed by atoms with Gasteiger partial charge in [-0.3, -0.25) is 9.59 Å². The first-order chi connectivity index (χ1) is 14.0. The van der Waals surface area contributed by atoms with Gasteiger partial charge in [-0.1, -0.05) is 43.3 Å². The number of rotatable bonds is 5.